The molecule has 0 radical (unpaired) electrons. The summed E-state index contributed by atoms with van der Waals surface area (Å²) in [7, 11) is 0. The first kappa shape index (κ1) is 24.0. The minimum atomic E-state index is -4.56. The molecule has 1 atom stereocenters. The lowest BCUT2D eigenvalue weighted by atomic mass is 9.97. The first-order chi connectivity index (χ1) is 18.3. The first-order valence-electron chi connectivity index (χ1n) is 12.4. The van der Waals surface area contributed by atoms with Gasteiger partial charge in [-0.3, -0.25) is 14.5 Å². The minimum absolute atomic E-state index is 0.0768. The molecule has 192 valence electrons. The van der Waals surface area contributed by atoms with Gasteiger partial charge in [0.1, 0.15) is 12.6 Å². The highest BCUT2D eigenvalue weighted by Gasteiger charge is 2.40. The molecule has 1 fully saturated rings. The molecule has 1 aliphatic carbocycles. The van der Waals surface area contributed by atoms with E-state index in [9.17, 15) is 22.8 Å². The van der Waals surface area contributed by atoms with E-state index < -0.39 is 23.7 Å². The number of benzene rings is 3. The van der Waals surface area contributed by atoms with E-state index in [0.717, 1.165) is 29.1 Å². The van der Waals surface area contributed by atoms with Crippen LogP contribution in [0.4, 0.5) is 18.9 Å². The van der Waals surface area contributed by atoms with Gasteiger partial charge in [0.2, 0.25) is 5.91 Å². The second-order valence-corrected chi connectivity index (χ2v) is 9.61. The fourth-order valence-electron chi connectivity index (χ4n) is 5.18. The van der Waals surface area contributed by atoms with E-state index in [4.69, 9.17) is 0 Å². The molecule has 8 heteroatoms. The number of hydrogen-bond donors (Lipinski definition) is 0. The first-order valence-corrected chi connectivity index (χ1v) is 12.4. The van der Waals surface area contributed by atoms with Crippen molar-refractivity contribution >= 4 is 17.5 Å². The van der Waals surface area contributed by atoms with Gasteiger partial charge in [0, 0.05) is 17.8 Å². The highest BCUT2D eigenvalue weighted by atomic mass is 19.4. The lowest BCUT2D eigenvalue weighted by Gasteiger charge is -2.39. The second-order valence-electron chi connectivity index (χ2n) is 9.61. The van der Waals surface area contributed by atoms with Crippen LogP contribution >= 0.6 is 0 Å². The van der Waals surface area contributed by atoms with E-state index in [-0.39, 0.29) is 24.1 Å². The number of alkyl halides is 3. The Bertz CT molecular complexity index is 1510. The molecular weight excluding hydrogens is 491 g/mol. The van der Waals surface area contributed by atoms with Crippen LogP contribution in [0.25, 0.3) is 5.69 Å². The molecule has 2 amide bonds. The van der Waals surface area contributed by atoms with Crippen molar-refractivity contribution in [2.45, 2.75) is 31.1 Å². The largest absolute Gasteiger partial charge is 0.416 e. The van der Waals surface area contributed by atoms with Gasteiger partial charge >= 0.3 is 6.18 Å². The summed E-state index contributed by atoms with van der Waals surface area (Å²) in [6.07, 6.45) is -1.19. The van der Waals surface area contributed by atoms with Gasteiger partial charge < -0.3 is 9.47 Å². The van der Waals surface area contributed by atoms with Gasteiger partial charge in [-0.05, 0) is 60.9 Å². The summed E-state index contributed by atoms with van der Waals surface area (Å²) < 4.78 is 42.0. The summed E-state index contributed by atoms with van der Waals surface area (Å²) >= 11 is 0. The van der Waals surface area contributed by atoms with Crippen molar-refractivity contribution in [3.05, 3.63) is 120 Å². The number of carbonyl (C=O) groups is 2. The molecule has 2 aliphatic rings. The predicted molar refractivity (Wildman–Crippen MR) is 137 cm³/mol. The Morgan fingerprint density at radius 1 is 0.842 bits per heavy atom. The molecule has 1 aromatic heterocycles. The summed E-state index contributed by atoms with van der Waals surface area (Å²) in [5.41, 5.74) is 2.41. The average molecular weight is 516 g/mol. The number of halogens is 3. The molecule has 0 bridgehead atoms. The number of amides is 2. The number of carbonyl (C=O) groups excluding carboxylic acids is 2. The number of anilines is 1. The van der Waals surface area contributed by atoms with Crippen molar-refractivity contribution in [3.8, 4) is 5.69 Å². The SMILES string of the molecule is O=C(c1cccc(C(F)(F)F)c1)N(CC(=O)N1c2ccccc2-n2cccc2C1c1ccccc1)C1CC1. The quantitative estimate of drug-likeness (QED) is 0.316. The third-order valence-corrected chi connectivity index (χ3v) is 7.09. The third-order valence-electron chi connectivity index (χ3n) is 7.09. The van der Waals surface area contributed by atoms with Gasteiger partial charge in [-0.15, -0.1) is 0 Å². The standard InChI is InChI=1S/C30H24F3N3O2/c31-30(32,33)22-11-6-10-21(18-22)29(38)35(23-15-16-23)19-27(37)36-25-13-5-4-12-24(25)34-17-7-14-26(34)28(36)20-8-2-1-3-9-20/h1-14,17-18,23,28H,15-16,19H2. The predicted octanol–water partition coefficient (Wildman–Crippen LogP) is 6.24. The average Bonchev–Trinajstić information content (AvgIpc) is 3.65. The zero-order valence-electron chi connectivity index (χ0n) is 20.3. The van der Waals surface area contributed by atoms with Crippen LogP contribution in [0.2, 0.25) is 0 Å². The van der Waals surface area contributed by atoms with Crippen LogP contribution in [-0.2, 0) is 11.0 Å². The maximum Gasteiger partial charge on any atom is 0.416 e. The Labute approximate surface area is 217 Å². The number of hydrogen-bond acceptors (Lipinski definition) is 2. The van der Waals surface area contributed by atoms with Crippen molar-refractivity contribution in [1.82, 2.24) is 9.47 Å². The van der Waals surface area contributed by atoms with E-state index in [1.165, 1.54) is 17.0 Å². The highest BCUT2D eigenvalue weighted by molar-refractivity contribution is 6.03. The number of nitrogens with zero attached hydrogens (tertiary/aromatic N) is 3. The smallest absolute Gasteiger partial charge is 0.326 e. The van der Waals surface area contributed by atoms with E-state index in [2.05, 4.69) is 4.57 Å². The van der Waals surface area contributed by atoms with E-state index in [1.54, 1.807) is 4.90 Å². The minimum Gasteiger partial charge on any atom is -0.326 e. The second kappa shape index (κ2) is 9.20. The van der Waals surface area contributed by atoms with Crippen LogP contribution in [0.15, 0.2) is 97.2 Å². The molecule has 2 heterocycles. The summed E-state index contributed by atoms with van der Waals surface area (Å²) in [6, 6.07) is 24.9. The highest BCUT2D eigenvalue weighted by Crippen LogP contribution is 2.42. The molecule has 0 N–H and O–H groups in total. The lowest BCUT2D eigenvalue weighted by Crippen LogP contribution is -2.47. The van der Waals surface area contributed by atoms with Crippen molar-refractivity contribution in [3.63, 3.8) is 0 Å². The monoisotopic (exact) mass is 515 g/mol. The summed E-state index contributed by atoms with van der Waals surface area (Å²) in [5, 5.41) is 0. The van der Waals surface area contributed by atoms with Crippen LogP contribution in [0.5, 0.6) is 0 Å². The van der Waals surface area contributed by atoms with Crippen LogP contribution in [0.1, 0.15) is 46.1 Å². The Hall–Kier alpha value is -4.33. The summed E-state index contributed by atoms with van der Waals surface area (Å²) in [4.78, 5) is 30.7. The van der Waals surface area contributed by atoms with Gasteiger partial charge in [-0.25, -0.2) is 0 Å². The molecule has 0 spiro atoms. The number of fused-ring (bicyclic) bond motifs is 3. The molecule has 38 heavy (non-hydrogen) atoms. The van der Waals surface area contributed by atoms with Gasteiger partial charge in [-0.1, -0.05) is 48.5 Å². The Morgan fingerprint density at radius 3 is 2.26 bits per heavy atom. The van der Waals surface area contributed by atoms with Crippen molar-refractivity contribution in [2.75, 3.05) is 11.4 Å². The molecule has 1 unspecified atom stereocenters. The molecule has 6 rings (SSSR count). The number of rotatable bonds is 5. The molecular formula is C30H24F3N3O2. The van der Waals surface area contributed by atoms with Crippen LogP contribution in [0.3, 0.4) is 0 Å². The number of para-hydroxylation sites is 2. The van der Waals surface area contributed by atoms with Gasteiger partial charge in [0.15, 0.2) is 0 Å². The zero-order valence-corrected chi connectivity index (χ0v) is 20.3. The Balaban J connectivity index is 1.38. The van der Waals surface area contributed by atoms with Crippen LogP contribution < -0.4 is 4.90 Å². The third kappa shape index (κ3) is 4.26. The van der Waals surface area contributed by atoms with E-state index >= 15 is 0 Å². The number of aromatic nitrogens is 1. The lowest BCUT2D eigenvalue weighted by molar-refractivity contribution is -0.137. The van der Waals surface area contributed by atoms with E-state index in [0.29, 0.717) is 18.5 Å². The molecule has 1 saturated carbocycles. The molecule has 5 nitrogen and oxygen atoms in total. The Morgan fingerprint density at radius 2 is 1.55 bits per heavy atom. The Kier molecular flexibility index (Phi) is 5.82. The van der Waals surface area contributed by atoms with Crippen LogP contribution in [-0.4, -0.2) is 33.9 Å². The summed E-state index contributed by atoms with van der Waals surface area (Å²) in [5.74, 6) is -0.872. The van der Waals surface area contributed by atoms with Gasteiger partial charge in [0.05, 0.1) is 22.6 Å². The molecule has 1 aliphatic heterocycles. The summed E-state index contributed by atoms with van der Waals surface area (Å²) in [6.45, 7) is -0.238. The fraction of sp³-hybridized carbons (Fsp3) is 0.200. The van der Waals surface area contributed by atoms with E-state index in [1.807, 2.05) is 72.9 Å². The normalized spacial score (nSPS) is 16.5. The topological polar surface area (TPSA) is 45.6 Å². The molecule has 3 aromatic carbocycles. The van der Waals surface area contributed by atoms with Gasteiger partial charge in [-0.2, -0.15) is 13.2 Å². The zero-order chi connectivity index (χ0) is 26.4. The van der Waals surface area contributed by atoms with Crippen molar-refractivity contribution in [2.24, 2.45) is 0 Å². The van der Waals surface area contributed by atoms with Crippen molar-refractivity contribution < 1.29 is 22.8 Å². The fourth-order valence-corrected chi connectivity index (χ4v) is 5.18. The maximum atomic E-state index is 14.1. The molecule has 0 saturated heterocycles. The van der Waals surface area contributed by atoms with Gasteiger partial charge in [0.25, 0.3) is 5.91 Å². The molecule has 4 aromatic rings. The maximum absolute atomic E-state index is 14.1. The van der Waals surface area contributed by atoms with Crippen LogP contribution in [0, 0.1) is 0 Å². The van der Waals surface area contributed by atoms with Crippen molar-refractivity contribution in [1.29, 1.82) is 0 Å².